The Hall–Kier alpha value is -2.05. The largest absolute Gasteiger partial charge is 0.394 e. The average molecular weight is 884 g/mol. The second kappa shape index (κ2) is 35.2. The van der Waals surface area contributed by atoms with Gasteiger partial charge in [-0.3, -0.25) is 4.79 Å². The fourth-order valence-corrected chi connectivity index (χ4v) is 7.48. The number of aliphatic hydroxyl groups is 8. The highest BCUT2D eigenvalue weighted by molar-refractivity contribution is 5.76. The van der Waals surface area contributed by atoms with Gasteiger partial charge in [0.05, 0.1) is 32.0 Å². The smallest absolute Gasteiger partial charge is 0.220 e. The van der Waals surface area contributed by atoms with Gasteiger partial charge < -0.3 is 65.1 Å². The molecule has 0 saturated carbocycles. The van der Waals surface area contributed by atoms with E-state index < -0.39 is 86.8 Å². The summed E-state index contributed by atoms with van der Waals surface area (Å²) < 4.78 is 22.6. The van der Waals surface area contributed by atoms with Crippen molar-refractivity contribution in [3.8, 4) is 0 Å². The fraction of sp³-hybridized carbons (Fsp3) is 0.812. The van der Waals surface area contributed by atoms with E-state index in [4.69, 9.17) is 18.9 Å². The molecule has 0 aromatic heterocycles. The summed E-state index contributed by atoms with van der Waals surface area (Å²) in [5.41, 5.74) is 0. The number of allylic oxidation sites excluding steroid dienone is 7. The van der Waals surface area contributed by atoms with Crippen LogP contribution in [0.2, 0.25) is 0 Å². The highest BCUT2D eigenvalue weighted by Crippen LogP contribution is 2.30. The van der Waals surface area contributed by atoms with E-state index in [9.17, 15) is 45.6 Å². The maximum absolute atomic E-state index is 13.1. The number of nitrogens with one attached hydrogen (secondary N) is 1. The number of carbonyl (C=O) groups excluding carboxylic acids is 1. The van der Waals surface area contributed by atoms with Gasteiger partial charge in [0.1, 0.15) is 48.8 Å². The Kier molecular flexibility index (Phi) is 31.9. The second-order valence-corrected chi connectivity index (χ2v) is 16.9. The molecular formula is C48H85NO13. The molecule has 14 heteroatoms. The van der Waals surface area contributed by atoms with Crippen LogP contribution < -0.4 is 5.32 Å². The highest BCUT2D eigenvalue weighted by Gasteiger charge is 2.50. The van der Waals surface area contributed by atoms with Crippen LogP contribution in [-0.4, -0.2) is 140 Å². The summed E-state index contributed by atoms with van der Waals surface area (Å²) in [5, 5.41) is 86.5. The minimum absolute atomic E-state index is 0.258. The molecule has 1 amide bonds. The van der Waals surface area contributed by atoms with E-state index >= 15 is 0 Å². The van der Waals surface area contributed by atoms with Crippen LogP contribution in [0.3, 0.4) is 0 Å². The molecule has 0 aliphatic carbocycles. The van der Waals surface area contributed by atoms with Gasteiger partial charge in [0, 0.05) is 6.42 Å². The van der Waals surface area contributed by atoms with Crippen molar-refractivity contribution in [3.63, 3.8) is 0 Å². The lowest BCUT2D eigenvalue weighted by atomic mass is 9.97. The summed E-state index contributed by atoms with van der Waals surface area (Å²) in [5.74, 6) is -0.268. The first-order chi connectivity index (χ1) is 30.1. The number of hydrogen-bond donors (Lipinski definition) is 9. The predicted molar refractivity (Wildman–Crippen MR) is 240 cm³/mol. The third kappa shape index (κ3) is 22.7. The maximum Gasteiger partial charge on any atom is 0.220 e. The molecule has 2 fully saturated rings. The molecule has 0 spiro atoms. The summed E-state index contributed by atoms with van der Waals surface area (Å²) in [6, 6.07) is -0.940. The third-order valence-corrected chi connectivity index (χ3v) is 11.5. The molecule has 0 aromatic rings. The van der Waals surface area contributed by atoms with Crippen molar-refractivity contribution in [2.24, 2.45) is 0 Å². The summed E-state index contributed by atoms with van der Waals surface area (Å²) >= 11 is 0. The van der Waals surface area contributed by atoms with E-state index in [1.807, 2.05) is 6.08 Å². The molecule has 12 unspecified atom stereocenters. The number of carbonyl (C=O) groups is 1. The van der Waals surface area contributed by atoms with E-state index in [0.717, 1.165) is 64.2 Å². The Labute approximate surface area is 372 Å². The predicted octanol–water partition coefficient (Wildman–Crippen LogP) is 5.32. The van der Waals surface area contributed by atoms with Gasteiger partial charge in [0.25, 0.3) is 0 Å². The number of ether oxygens (including phenoxy) is 4. The van der Waals surface area contributed by atoms with E-state index in [-0.39, 0.29) is 18.9 Å². The number of aliphatic hydroxyl groups excluding tert-OH is 8. The van der Waals surface area contributed by atoms with Crippen LogP contribution >= 0.6 is 0 Å². The fourth-order valence-electron chi connectivity index (χ4n) is 7.48. The zero-order valence-electron chi connectivity index (χ0n) is 37.8. The van der Waals surface area contributed by atoms with Gasteiger partial charge in [-0.2, -0.15) is 0 Å². The minimum Gasteiger partial charge on any atom is -0.394 e. The Balaban J connectivity index is 1.91. The van der Waals surface area contributed by atoms with Gasteiger partial charge in [0.2, 0.25) is 5.91 Å². The topological polar surface area (TPSA) is 228 Å². The molecule has 360 valence electrons. The lowest BCUT2D eigenvalue weighted by molar-refractivity contribution is -0.359. The number of hydrogen-bond acceptors (Lipinski definition) is 13. The van der Waals surface area contributed by atoms with Crippen molar-refractivity contribution in [2.75, 3.05) is 19.8 Å². The van der Waals surface area contributed by atoms with Crippen molar-refractivity contribution in [1.82, 2.24) is 5.32 Å². The van der Waals surface area contributed by atoms with Crippen molar-refractivity contribution < 1.29 is 64.6 Å². The molecule has 9 N–H and O–H groups in total. The van der Waals surface area contributed by atoms with Crippen LogP contribution in [0.1, 0.15) is 155 Å². The van der Waals surface area contributed by atoms with E-state index in [2.05, 4.69) is 55.6 Å². The van der Waals surface area contributed by atoms with Gasteiger partial charge >= 0.3 is 0 Å². The number of unbranched alkanes of at least 4 members (excludes halogenated alkanes) is 16. The molecular weight excluding hydrogens is 799 g/mol. The first-order valence-electron chi connectivity index (χ1n) is 23.9. The molecule has 2 saturated heterocycles. The van der Waals surface area contributed by atoms with Gasteiger partial charge in [-0.05, 0) is 64.2 Å². The molecule has 12 atom stereocenters. The maximum atomic E-state index is 13.1. The molecule has 2 aliphatic heterocycles. The van der Waals surface area contributed by atoms with Crippen LogP contribution in [0.25, 0.3) is 0 Å². The van der Waals surface area contributed by atoms with Crippen molar-refractivity contribution >= 4 is 5.91 Å². The van der Waals surface area contributed by atoms with Crippen LogP contribution in [0.15, 0.2) is 48.6 Å². The molecule has 2 heterocycles. The van der Waals surface area contributed by atoms with Gasteiger partial charge in [0.15, 0.2) is 12.6 Å². The van der Waals surface area contributed by atoms with Gasteiger partial charge in [-0.1, -0.05) is 133 Å². The summed E-state index contributed by atoms with van der Waals surface area (Å²) in [6.07, 6.45) is 23.0. The Morgan fingerprint density at radius 3 is 1.63 bits per heavy atom. The minimum atomic E-state index is -1.79. The van der Waals surface area contributed by atoms with E-state index in [0.29, 0.717) is 12.8 Å². The van der Waals surface area contributed by atoms with Gasteiger partial charge in [-0.25, -0.2) is 0 Å². The summed E-state index contributed by atoms with van der Waals surface area (Å²) in [7, 11) is 0. The zero-order valence-corrected chi connectivity index (χ0v) is 37.8. The van der Waals surface area contributed by atoms with E-state index in [1.54, 1.807) is 6.08 Å². The Morgan fingerprint density at radius 2 is 1.05 bits per heavy atom. The van der Waals surface area contributed by atoms with Gasteiger partial charge in [-0.15, -0.1) is 0 Å². The summed E-state index contributed by atoms with van der Waals surface area (Å²) in [4.78, 5) is 13.1. The number of rotatable bonds is 35. The van der Waals surface area contributed by atoms with Crippen molar-refractivity contribution in [3.05, 3.63) is 48.6 Å². The average Bonchev–Trinajstić information content (AvgIpc) is 3.27. The van der Waals surface area contributed by atoms with Crippen LogP contribution in [0.5, 0.6) is 0 Å². The van der Waals surface area contributed by atoms with Crippen LogP contribution in [-0.2, 0) is 23.7 Å². The lowest BCUT2D eigenvalue weighted by Crippen LogP contribution is -2.65. The normalized spacial score (nSPS) is 28.2. The first-order valence-corrected chi connectivity index (χ1v) is 23.9. The SMILES string of the molecule is CCCC/C=C\CCCCCCCC(=O)NC(COC1OC(CO)C(OC2OC(CO)C(O)C(O)C2O)C(O)C1O)C(O)/C=C/CC/C=C/CC/C=C/CCCCCCCCC. The summed E-state index contributed by atoms with van der Waals surface area (Å²) in [6.45, 7) is 2.68. The molecule has 62 heavy (non-hydrogen) atoms. The third-order valence-electron chi connectivity index (χ3n) is 11.5. The highest BCUT2D eigenvalue weighted by atomic mass is 16.7. The quantitative estimate of drug-likeness (QED) is 0.0291. The Morgan fingerprint density at radius 1 is 0.565 bits per heavy atom. The molecule has 2 aliphatic rings. The van der Waals surface area contributed by atoms with Crippen LogP contribution in [0.4, 0.5) is 0 Å². The second-order valence-electron chi connectivity index (χ2n) is 16.9. The number of amides is 1. The Bertz CT molecular complexity index is 1230. The molecule has 14 nitrogen and oxygen atoms in total. The van der Waals surface area contributed by atoms with Crippen LogP contribution in [0, 0.1) is 0 Å². The first kappa shape index (κ1) is 56.1. The van der Waals surface area contributed by atoms with Crippen molar-refractivity contribution in [2.45, 2.75) is 229 Å². The van der Waals surface area contributed by atoms with E-state index in [1.165, 1.54) is 57.8 Å². The lowest BCUT2D eigenvalue weighted by Gasteiger charge is -2.46. The standard InChI is InChI=1S/C48H85NO13/c1-3-5-7-9-11-13-15-16-17-18-19-20-22-23-25-27-29-31-37(52)36(49-40(53)32-30-28-26-24-21-14-12-10-8-6-4-2)35-59-47-45(58)43(56)46(39(34-51)61-47)62-48-44(57)42(55)41(54)38(33-50)60-48/h10,12,17-18,22-23,29,31,36-39,41-48,50-52,54-58H,3-9,11,13-16,19-21,24-28,30,32-35H2,1-2H3,(H,49,53)/b12-10-,18-17+,23-22+,31-29+. The van der Waals surface area contributed by atoms with Crippen molar-refractivity contribution in [1.29, 1.82) is 0 Å². The molecule has 0 bridgehead atoms. The zero-order chi connectivity index (χ0) is 45.4. The monoisotopic (exact) mass is 884 g/mol. The molecule has 2 rings (SSSR count). The molecule has 0 radical (unpaired) electrons. The molecule has 0 aromatic carbocycles.